The lowest BCUT2D eigenvalue weighted by molar-refractivity contribution is -0.138. The van der Waals surface area contributed by atoms with Gasteiger partial charge in [0.15, 0.2) is 5.69 Å². The summed E-state index contributed by atoms with van der Waals surface area (Å²) < 4.78 is 39.9. The highest BCUT2D eigenvalue weighted by Crippen LogP contribution is 2.36. The predicted octanol–water partition coefficient (Wildman–Crippen LogP) is 3.08. The number of aromatic nitrogens is 2. The smallest absolute Gasteiger partial charge is 0.416 e. The fourth-order valence-electron chi connectivity index (χ4n) is 3.40. The number of anilines is 1. The van der Waals surface area contributed by atoms with Crippen LogP contribution >= 0.6 is 0 Å². The van der Waals surface area contributed by atoms with Gasteiger partial charge < -0.3 is 10.0 Å². The molecule has 3 rings (SSSR count). The fourth-order valence-corrected chi connectivity index (χ4v) is 3.40. The van der Waals surface area contributed by atoms with Gasteiger partial charge in [0.2, 0.25) is 0 Å². The van der Waals surface area contributed by atoms with Crippen molar-refractivity contribution in [3.8, 4) is 0 Å². The molecule has 1 saturated heterocycles. The van der Waals surface area contributed by atoms with Crippen LogP contribution in [0.2, 0.25) is 0 Å². The average molecular weight is 380 g/mol. The van der Waals surface area contributed by atoms with Crippen molar-refractivity contribution in [3.63, 3.8) is 0 Å². The van der Waals surface area contributed by atoms with E-state index in [0.717, 1.165) is 6.07 Å². The Morgan fingerprint density at radius 1 is 1.15 bits per heavy atom. The third-order valence-electron chi connectivity index (χ3n) is 4.82. The number of benzene rings is 1. The number of carboxylic acids is 1. The molecule has 2 heterocycles. The number of carboxylic acid groups (broad SMARTS) is 1. The molecule has 1 aliphatic heterocycles. The first-order valence-electron chi connectivity index (χ1n) is 8.49. The van der Waals surface area contributed by atoms with Crippen LogP contribution in [0.15, 0.2) is 36.5 Å². The van der Waals surface area contributed by atoms with Crippen molar-refractivity contribution >= 4 is 11.7 Å². The fraction of sp³-hybridized carbons (Fsp3) is 0.389. The predicted molar refractivity (Wildman–Crippen MR) is 92.6 cm³/mol. The van der Waals surface area contributed by atoms with E-state index in [2.05, 4.69) is 10.2 Å². The van der Waals surface area contributed by atoms with E-state index in [4.69, 9.17) is 0 Å². The van der Waals surface area contributed by atoms with Gasteiger partial charge in [0.25, 0.3) is 0 Å². The SMILES string of the molecule is CC(c1ccccc1C(F)(F)F)N1CCN(c2ccnnc2C(=O)O)CC1. The second-order valence-corrected chi connectivity index (χ2v) is 6.35. The Hall–Kier alpha value is -2.68. The second kappa shape index (κ2) is 7.51. The summed E-state index contributed by atoms with van der Waals surface area (Å²) in [6.45, 7) is 3.76. The number of alkyl halides is 3. The van der Waals surface area contributed by atoms with Crippen LogP contribution in [0.3, 0.4) is 0 Å². The van der Waals surface area contributed by atoms with Gasteiger partial charge in [0.1, 0.15) is 0 Å². The Balaban J connectivity index is 1.75. The largest absolute Gasteiger partial charge is 0.476 e. The summed E-state index contributed by atoms with van der Waals surface area (Å²) >= 11 is 0. The number of hydrogen-bond acceptors (Lipinski definition) is 5. The van der Waals surface area contributed by atoms with Crippen molar-refractivity contribution in [2.45, 2.75) is 19.1 Å². The van der Waals surface area contributed by atoms with E-state index < -0.39 is 23.8 Å². The summed E-state index contributed by atoms with van der Waals surface area (Å²) in [4.78, 5) is 15.1. The van der Waals surface area contributed by atoms with Crippen molar-refractivity contribution in [3.05, 3.63) is 53.3 Å². The number of carbonyl (C=O) groups is 1. The summed E-state index contributed by atoms with van der Waals surface area (Å²) in [5.74, 6) is -1.16. The van der Waals surface area contributed by atoms with E-state index in [1.54, 1.807) is 19.1 Å². The molecule has 1 fully saturated rings. The second-order valence-electron chi connectivity index (χ2n) is 6.35. The first-order valence-corrected chi connectivity index (χ1v) is 8.49. The number of aromatic carboxylic acids is 1. The number of rotatable bonds is 4. The van der Waals surface area contributed by atoms with Gasteiger partial charge in [-0.05, 0) is 24.6 Å². The maximum Gasteiger partial charge on any atom is 0.416 e. The minimum Gasteiger partial charge on any atom is -0.476 e. The molecule has 1 aliphatic rings. The molecule has 6 nitrogen and oxygen atoms in total. The summed E-state index contributed by atoms with van der Waals surface area (Å²) in [7, 11) is 0. The van der Waals surface area contributed by atoms with E-state index in [9.17, 15) is 23.1 Å². The van der Waals surface area contributed by atoms with Crippen molar-refractivity contribution in [1.29, 1.82) is 0 Å². The van der Waals surface area contributed by atoms with E-state index in [0.29, 0.717) is 31.9 Å². The van der Waals surface area contributed by atoms with Crippen LogP contribution in [-0.4, -0.2) is 52.4 Å². The normalized spacial score (nSPS) is 17.0. The molecule has 1 aromatic carbocycles. The van der Waals surface area contributed by atoms with Crippen LogP contribution in [0.4, 0.5) is 18.9 Å². The topological polar surface area (TPSA) is 69.6 Å². The molecule has 0 spiro atoms. The van der Waals surface area contributed by atoms with E-state index in [-0.39, 0.29) is 11.3 Å². The molecule has 1 aromatic heterocycles. The van der Waals surface area contributed by atoms with Crippen molar-refractivity contribution in [1.82, 2.24) is 15.1 Å². The molecule has 1 unspecified atom stereocenters. The minimum atomic E-state index is -4.40. The van der Waals surface area contributed by atoms with Gasteiger partial charge in [0, 0.05) is 32.2 Å². The van der Waals surface area contributed by atoms with Crippen LogP contribution in [-0.2, 0) is 6.18 Å². The lowest BCUT2D eigenvalue weighted by Gasteiger charge is -2.39. The zero-order chi connectivity index (χ0) is 19.6. The minimum absolute atomic E-state index is 0.124. The average Bonchev–Trinajstić information content (AvgIpc) is 2.67. The van der Waals surface area contributed by atoms with Gasteiger partial charge in [-0.3, -0.25) is 4.90 Å². The van der Waals surface area contributed by atoms with Gasteiger partial charge in [-0.15, -0.1) is 5.10 Å². The van der Waals surface area contributed by atoms with Crippen LogP contribution in [0.5, 0.6) is 0 Å². The zero-order valence-corrected chi connectivity index (χ0v) is 14.6. The summed E-state index contributed by atoms with van der Waals surface area (Å²) in [5.41, 5.74) is -0.0245. The molecule has 1 N–H and O–H groups in total. The maximum absolute atomic E-state index is 13.3. The van der Waals surface area contributed by atoms with Crippen LogP contribution < -0.4 is 4.90 Å². The first-order chi connectivity index (χ1) is 12.8. The van der Waals surface area contributed by atoms with Gasteiger partial charge >= 0.3 is 12.1 Å². The standard InChI is InChI=1S/C18H19F3N4O2/c1-12(13-4-2-3-5-14(13)18(19,20)21)24-8-10-25(11-9-24)15-6-7-22-23-16(15)17(26)27/h2-7,12H,8-11H2,1H3,(H,26,27). The van der Waals surface area contributed by atoms with E-state index >= 15 is 0 Å². The third-order valence-corrected chi connectivity index (χ3v) is 4.82. The number of halogens is 3. The van der Waals surface area contributed by atoms with Crippen LogP contribution in [0, 0.1) is 0 Å². The molecule has 1 atom stereocenters. The van der Waals surface area contributed by atoms with Gasteiger partial charge in [-0.25, -0.2) is 4.79 Å². The van der Waals surface area contributed by atoms with Gasteiger partial charge in [-0.1, -0.05) is 18.2 Å². The molecule has 27 heavy (non-hydrogen) atoms. The molecule has 0 saturated carbocycles. The zero-order valence-electron chi connectivity index (χ0n) is 14.6. The molecule has 2 aromatic rings. The maximum atomic E-state index is 13.3. The molecule has 0 aliphatic carbocycles. The highest BCUT2D eigenvalue weighted by atomic mass is 19.4. The quantitative estimate of drug-likeness (QED) is 0.879. The molecule has 0 bridgehead atoms. The Labute approximate surface area is 154 Å². The molecular formula is C18H19F3N4O2. The monoisotopic (exact) mass is 380 g/mol. The molecule has 9 heteroatoms. The van der Waals surface area contributed by atoms with Crippen LogP contribution in [0.25, 0.3) is 0 Å². The highest BCUT2D eigenvalue weighted by Gasteiger charge is 2.35. The Bertz CT molecular complexity index is 820. The Kier molecular flexibility index (Phi) is 5.31. The molecule has 0 radical (unpaired) electrons. The highest BCUT2D eigenvalue weighted by molar-refractivity contribution is 5.91. The molecule has 144 valence electrons. The van der Waals surface area contributed by atoms with Crippen molar-refractivity contribution in [2.75, 3.05) is 31.1 Å². The lowest BCUT2D eigenvalue weighted by Crippen LogP contribution is -2.47. The van der Waals surface area contributed by atoms with Gasteiger partial charge in [-0.2, -0.15) is 18.3 Å². The Morgan fingerprint density at radius 3 is 2.44 bits per heavy atom. The van der Waals surface area contributed by atoms with Crippen LogP contribution in [0.1, 0.15) is 34.6 Å². The van der Waals surface area contributed by atoms with E-state index in [1.807, 2.05) is 9.80 Å². The summed E-state index contributed by atoms with van der Waals surface area (Å²) in [6, 6.07) is 6.80. The number of hydrogen-bond donors (Lipinski definition) is 1. The third kappa shape index (κ3) is 4.02. The molecule has 0 amide bonds. The Morgan fingerprint density at radius 2 is 1.81 bits per heavy atom. The summed E-state index contributed by atoms with van der Waals surface area (Å²) in [6.07, 6.45) is -2.97. The van der Waals surface area contributed by atoms with E-state index in [1.165, 1.54) is 18.3 Å². The van der Waals surface area contributed by atoms with Crippen molar-refractivity contribution < 1.29 is 23.1 Å². The molecular weight excluding hydrogens is 361 g/mol. The summed E-state index contributed by atoms with van der Waals surface area (Å²) in [5, 5.41) is 16.5. The van der Waals surface area contributed by atoms with Crippen molar-refractivity contribution in [2.24, 2.45) is 0 Å². The van der Waals surface area contributed by atoms with Gasteiger partial charge in [0.05, 0.1) is 17.4 Å². The number of nitrogens with zero attached hydrogens (tertiary/aromatic N) is 4. The lowest BCUT2D eigenvalue weighted by atomic mass is 9.99. The number of piperazine rings is 1. The first kappa shape index (κ1) is 19.1.